The second-order valence-electron chi connectivity index (χ2n) is 38.0. The molecule has 818 valence electrons. The highest BCUT2D eigenvalue weighted by Crippen LogP contribution is 2.17. The van der Waals surface area contributed by atoms with E-state index in [4.69, 9.17) is 51.6 Å². The molecular formula is C93H175N29O21. The summed E-state index contributed by atoms with van der Waals surface area (Å²) in [5.41, 5.74) is 51.4. The van der Waals surface area contributed by atoms with Crippen LogP contribution in [0.1, 0.15) is 264 Å². The summed E-state index contributed by atoms with van der Waals surface area (Å²) in [5, 5.41) is 51.7. The van der Waals surface area contributed by atoms with Gasteiger partial charge in [0.15, 0.2) is 0 Å². The first-order valence-corrected chi connectivity index (χ1v) is 50.3. The summed E-state index contributed by atoms with van der Waals surface area (Å²) >= 11 is 0. The highest BCUT2D eigenvalue weighted by Gasteiger charge is 2.39. The predicted octanol–water partition coefficient (Wildman–Crippen LogP) is -7.38. The van der Waals surface area contributed by atoms with Gasteiger partial charge in [-0.05, 0) is 278 Å². The van der Waals surface area contributed by atoms with E-state index in [9.17, 15) is 101 Å². The molecule has 0 rings (SSSR count). The number of hydrogen-bond acceptors (Lipinski definition) is 29. The number of nitrogens with two attached hydrogens (primary N) is 9. The summed E-state index contributed by atoms with van der Waals surface area (Å²) in [6, 6.07) is -22.9. The van der Waals surface area contributed by atoms with E-state index in [0.717, 1.165) is 0 Å². The second-order valence-corrected chi connectivity index (χ2v) is 38.0. The predicted molar refractivity (Wildman–Crippen MR) is 537 cm³/mol. The minimum atomic E-state index is -1.39. The zero-order valence-electron chi connectivity index (χ0n) is 86.7. The Labute approximate surface area is 841 Å². The van der Waals surface area contributed by atoms with Crippen molar-refractivity contribution in [2.75, 3.05) is 65.4 Å². The van der Waals surface area contributed by atoms with Crippen LogP contribution in [0.5, 0.6) is 0 Å². The molecule has 0 aromatic heterocycles. The molecule has 0 aliphatic heterocycles. The number of primary amides is 1. The lowest BCUT2D eigenvalue weighted by molar-refractivity contribution is -0.136. The van der Waals surface area contributed by atoms with E-state index in [1.807, 2.05) is 13.8 Å². The van der Waals surface area contributed by atoms with Gasteiger partial charge in [-0.25, -0.2) is 0 Å². The van der Waals surface area contributed by atoms with E-state index in [0.29, 0.717) is 89.9 Å². The van der Waals surface area contributed by atoms with Crippen LogP contribution >= 0.6 is 0 Å². The zero-order chi connectivity index (χ0) is 109. The van der Waals surface area contributed by atoms with E-state index in [1.54, 1.807) is 41.5 Å². The Morgan fingerprint density at radius 3 is 0.559 bits per heavy atom. The fourth-order valence-electron chi connectivity index (χ4n) is 14.5. The molecule has 0 fully saturated rings. The van der Waals surface area contributed by atoms with Gasteiger partial charge >= 0.3 is 0 Å². The monoisotopic (exact) mass is 2030 g/mol. The largest absolute Gasteiger partial charge is 0.368 e. The van der Waals surface area contributed by atoms with E-state index >= 15 is 0 Å². The Morgan fingerprint density at radius 2 is 0.336 bits per heavy atom. The van der Waals surface area contributed by atoms with Gasteiger partial charge in [-0.3, -0.25) is 101 Å². The molecule has 0 heterocycles. The molecule has 0 spiro atoms. The van der Waals surface area contributed by atoms with Gasteiger partial charge in [0.2, 0.25) is 124 Å². The van der Waals surface area contributed by atoms with Crippen molar-refractivity contribution in [3.8, 4) is 0 Å². The first kappa shape index (κ1) is 132. The van der Waals surface area contributed by atoms with Gasteiger partial charge in [0.05, 0.1) is 19.6 Å². The summed E-state index contributed by atoms with van der Waals surface area (Å²) in [6.45, 7) is 23.6. The van der Waals surface area contributed by atoms with Crippen molar-refractivity contribution < 1.29 is 101 Å². The fourth-order valence-corrected chi connectivity index (χ4v) is 14.5. The fraction of sp³-hybridized carbons (Fsp3) is 0.774. The molecule has 0 aromatic rings. The van der Waals surface area contributed by atoms with Crippen molar-refractivity contribution >= 4 is 124 Å². The van der Waals surface area contributed by atoms with Crippen molar-refractivity contribution in [1.29, 1.82) is 0 Å². The Balaban J connectivity index is 6.69. The van der Waals surface area contributed by atoms with E-state index in [-0.39, 0.29) is 147 Å². The molecule has 0 saturated carbocycles. The molecule has 0 aliphatic carbocycles. The third-order valence-electron chi connectivity index (χ3n) is 22.8. The summed E-state index contributed by atoms with van der Waals surface area (Å²) in [5.74, 6) is -17.4. The van der Waals surface area contributed by atoms with Crippen LogP contribution < -0.4 is 158 Å². The number of carbonyl (C=O) groups excluding carboxylic acids is 21. The molecule has 50 nitrogen and oxygen atoms in total. The van der Waals surface area contributed by atoms with Crippen LogP contribution in [0.4, 0.5) is 0 Å². The van der Waals surface area contributed by atoms with Gasteiger partial charge in [-0.2, -0.15) is 0 Å². The van der Waals surface area contributed by atoms with E-state index in [1.165, 1.54) is 48.5 Å². The molecule has 0 aliphatic rings. The van der Waals surface area contributed by atoms with Gasteiger partial charge in [-0.1, -0.05) is 55.4 Å². The summed E-state index contributed by atoms with van der Waals surface area (Å²) in [4.78, 5) is 288. The van der Waals surface area contributed by atoms with Crippen molar-refractivity contribution in [2.45, 2.75) is 373 Å². The van der Waals surface area contributed by atoms with Crippen LogP contribution in [-0.4, -0.2) is 298 Å². The topological polar surface area (TPSA) is 833 Å². The summed E-state index contributed by atoms with van der Waals surface area (Å²) < 4.78 is 0. The van der Waals surface area contributed by atoms with Gasteiger partial charge in [0.25, 0.3) is 0 Å². The molecule has 0 radical (unpaired) electrons. The van der Waals surface area contributed by atoms with Crippen LogP contribution in [0.3, 0.4) is 0 Å². The van der Waals surface area contributed by atoms with E-state index < -0.39 is 246 Å². The number of rotatable bonds is 77. The number of carbonyl (C=O) groups is 21. The molecule has 18 atom stereocenters. The Hall–Kier alpha value is -11.4. The second kappa shape index (κ2) is 73.6. The Morgan fingerprint density at radius 1 is 0.175 bits per heavy atom. The minimum Gasteiger partial charge on any atom is -0.368 e. The zero-order valence-corrected chi connectivity index (χ0v) is 86.7. The molecule has 143 heavy (non-hydrogen) atoms. The molecule has 0 bridgehead atoms. The van der Waals surface area contributed by atoms with Crippen LogP contribution in [-0.2, 0) is 101 Å². The van der Waals surface area contributed by atoms with Crippen LogP contribution in [0.15, 0.2) is 0 Å². The average Bonchev–Trinajstić information content (AvgIpc) is 0.858. The molecule has 21 amide bonds. The molecule has 0 aromatic carbocycles. The summed E-state index contributed by atoms with van der Waals surface area (Å²) in [6.07, 6.45) is 5.66. The molecular weight excluding hydrogens is 1860 g/mol. The average molecular weight is 2040 g/mol. The number of nitrogens with one attached hydrogen (secondary N) is 20. The first-order chi connectivity index (χ1) is 67.4. The van der Waals surface area contributed by atoms with Crippen molar-refractivity contribution in [2.24, 2.45) is 75.3 Å². The van der Waals surface area contributed by atoms with Crippen molar-refractivity contribution in [3.05, 3.63) is 0 Å². The van der Waals surface area contributed by atoms with Gasteiger partial charge < -0.3 is 158 Å². The van der Waals surface area contributed by atoms with Crippen molar-refractivity contribution in [1.82, 2.24) is 106 Å². The lowest BCUT2D eigenvalue weighted by Crippen LogP contribution is -2.60. The standard InChI is InChI=1S/C93H175N29O21/c1-51(2)44-69(76(102)126)119-81(131)58(12)106-79(129)57(11)108-85(135)64(32-18-25-39-96)114-80(130)59(13)111-91(141)70(45-52(3)4)122-90(140)68(36-22-29-43-100)116-88(138)63(31-17-24-38-95)113-75(125)50-104-78(128)56(10)107-86(136)66(34-20-27-41-98)117-92(142)71(46-53(5)6)120-83(133)61(15)110-87(137)65(33-19-26-40-97)115-89(139)67(35-21-28-42-99)118-93(143)72(47-54(7)8)121-82(132)60(14)109-84(134)62(30-16-23-37-94)112-74(124)49-103-77(127)55(9)105-73(123)48-101/h51-72H,16-50,94-101H2,1-15H3,(H2,102,126)(H,103,127)(H,104,128)(H,105,123)(H,106,129)(H,107,136)(H,108,135)(H,109,134)(H,110,137)(H,111,141)(H,112,124)(H,113,125)(H,114,130)(H,115,139)(H,116,138)(H,117,142)(H,118,143)(H,119,131)(H,120,133)(H,121,132)(H,122,140)/t55-,56-,57-,58-,59-,60-,61-,62-,63-,64-,65-,66-,67-,68-,69-,70-,71-,72-/m0/s1. The third-order valence-corrected chi connectivity index (χ3v) is 22.8. The van der Waals surface area contributed by atoms with Crippen LogP contribution in [0, 0.1) is 23.7 Å². The quantitative estimate of drug-likeness (QED) is 0.0252. The molecule has 38 N–H and O–H groups in total. The number of hydrogen-bond donors (Lipinski definition) is 29. The Bertz CT molecular complexity index is 4020. The highest BCUT2D eigenvalue weighted by molar-refractivity contribution is 6.02. The van der Waals surface area contributed by atoms with E-state index in [2.05, 4.69) is 106 Å². The number of unbranched alkanes of at least 4 members (excludes halogenated alkanes) is 7. The lowest BCUT2D eigenvalue weighted by Gasteiger charge is -2.28. The molecule has 0 saturated heterocycles. The van der Waals surface area contributed by atoms with Gasteiger partial charge in [0, 0.05) is 0 Å². The lowest BCUT2D eigenvalue weighted by atomic mass is 10.0. The highest BCUT2D eigenvalue weighted by atomic mass is 16.2. The third kappa shape index (κ3) is 56.4. The maximum atomic E-state index is 14.5. The maximum Gasteiger partial charge on any atom is 0.243 e. The number of amides is 21. The van der Waals surface area contributed by atoms with Crippen LogP contribution in [0.2, 0.25) is 0 Å². The first-order valence-electron chi connectivity index (χ1n) is 50.3. The normalized spacial score (nSPS) is 15.0. The molecule has 50 heteroatoms. The summed E-state index contributed by atoms with van der Waals surface area (Å²) in [7, 11) is 0. The Kier molecular flexibility index (Phi) is 67.7. The molecule has 0 unspecified atom stereocenters. The SMILES string of the molecule is CC(C)C[C@H](NC(=O)[C@H](C)NC(=O)[C@H](C)NC(=O)[C@H](CCCCN)NC(=O)[C@H](C)NC(=O)[C@H](CC(C)C)NC(=O)[C@H](CCCCN)NC(=O)[C@H](CCCCN)NC(=O)CNC(=O)[C@H](C)NC(=O)[C@H](CCCCN)NC(=O)[C@H](CC(C)C)NC(=O)[C@H](C)NC(=O)[C@H](CCCCN)NC(=O)[C@H](CCCCN)NC(=O)[C@H](CC(C)C)NC(=O)[C@H](C)NC(=O)[C@H](CCCCN)NC(=O)CNC(=O)[C@H](C)NC(=O)CN)C(N)=O. The van der Waals surface area contributed by atoms with Crippen LogP contribution in [0.25, 0.3) is 0 Å². The maximum absolute atomic E-state index is 14.5. The smallest absolute Gasteiger partial charge is 0.243 e. The van der Waals surface area contributed by atoms with Gasteiger partial charge in [-0.15, -0.1) is 0 Å². The minimum absolute atomic E-state index is 0.00150. The van der Waals surface area contributed by atoms with Gasteiger partial charge in [0.1, 0.15) is 109 Å². The van der Waals surface area contributed by atoms with Crippen molar-refractivity contribution in [3.63, 3.8) is 0 Å².